The Morgan fingerprint density at radius 3 is 2.59 bits per heavy atom. The van der Waals surface area contributed by atoms with E-state index in [1.54, 1.807) is 0 Å². The lowest BCUT2D eigenvalue weighted by Gasteiger charge is -2.50. The third kappa shape index (κ3) is 7.56. The predicted octanol–water partition coefficient (Wildman–Crippen LogP) is 8.91. The van der Waals surface area contributed by atoms with Gasteiger partial charge in [0.05, 0.1) is 35.5 Å². The van der Waals surface area contributed by atoms with Gasteiger partial charge < -0.3 is 24.2 Å². The molecule has 10 nitrogen and oxygen atoms in total. The van der Waals surface area contributed by atoms with Gasteiger partial charge in [-0.2, -0.15) is 0 Å². The summed E-state index contributed by atoms with van der Waals surface area (Å²) in [7, 11) is 4.13. The number of aromatic nitrogens is 4. The molecule has 1 N–H and O–H groups in total. The van der Waals surface area contributed by atoms with E-state index in [1.807, 2.05) is 35.2 Å². The fraction of sp³-hybridized carbons (Fsp3) is 0.562. The van der Waals surface area contributed by atoms with Gasteiger partial charge in [-0.3, -0.25) is 14.1 Å². The second-order valence-electron chi connectivity index (χ2n) is 18.1. The molecule has 2 aromatic carbocycles. The molecule has 4 heterocycles. The van der Waals surface area contributed by atoms with E-state index in [1.165, 1.54) is 36.8 Å². The summed E-state index contributed by atoms with van der Waals surface area (Å²) < 4.78 is 22.4. The van der Waals surface area contributed by atoms with Crippen LogP contribution in [-0.4, -0.2) is 82.3 Å². The maximum atomic E-state index is 14.4. The second-order valence-corrected chi connectivity index (χ2v) is 18.1. The molecule has 308 valence electrons. The highest BCUT2D eigenvalue weighted by atomic mass is 16.5. The van der Waals surface area contributed by atoms with Crippen LogP contribution in [0, 0.1) is 17.3 Å². The van der Waals surface area contributed by atoms with Crippen LogP contribution in [0.25, 0.3) is 33.1 Å². The number of hydrogen-bond acceptors (Lipinski definition) is 8. The number of phenolic OH excluding ortho intramolecular Hbond substituents is 1. The number of hydrogen-bond donors (Lipinski definition) is 1. The Morgan fingerprint density at radius 2 is 1.76 bits per heavy atom. The molecule has 5 aromatic rings. The zero-order chi connectivity index (χ0) is 39.8. The fourth-order valence-electron chi connectivity index (χ4n) is 11.4. The van der Waals surface area contributed by atoms with Crippen LogP contribution in [0.5, 0.6) is 11.6 Å². The lowest BCUT2D eigenvalue weighted by atomic mass is 9.55. The van der Waals surface area contributed by atoms with Crippen molar-refractivity contribution in [2.24, 2.45) is 17.3 Å². The molecule has 10 heteroatoms. The number of phenols is 1. The number of benzene rings is 2. The van der Waals surface area contributed by atoms with Crippen molar-refractivity contribution in [1.82, 2.24) is 24.0 Å². The van der Waals surface area contributed by atoms with E-state index in [0.29, 0.717) is 55.9 Å². The summed E-state index contributed by atoms with van der Waals surface area (Å²) >= 11 is 0. The molecule has 3 aliphatic carbocycles. The largest absolute Gasteiger partial charge is 0.508 e. The predicted molar refractivity (Wildman–Crippen MR) is 229 cm³/mol. The summed E-state index contributed by atoms with van der Waals surface area (Å²) in [6.45, 7) is 6.87. The lowest BCUT2D eigenvalue weighted by Crippen LogP contribution is -2.44. The summed E-state index contributed by atoms with van der Waals surface area (Å²) in [4.78, 5) is 26.1. The minimum atomic E-state index is 0.0537. The minimum absolute atomic E-state index is 0.0537. The van der Waals surface area contributed by atoms with Crippen molar-refractivity contribution >= 4 is 21.9 Å². The summed E-state index contributed by atoms with van der Waals surface area (Å²) in [5.74, 6) is 3.07. The molecular weight excluding hydrogens is 727 g/mol. The van der Waals surface area contributed by atoms with E-state index < -0.39 is 0 Å². The molecule has 0 radical (unpaired) electrons. The Labute approximate surface area is 342 Å². The molecule has 3 fully saturated rings. The Hall–Kier alpha value is -4.25. The maximum Gasteiger partial charge on any atom is 0.329 e. The maximum absolute atomic E-state index is 14.4. The second kappa shape index (κ2) is 16.8. The fourth-order valence-corrected chi connectivity index (χ4v) is 11.4. The molecule has 0 amide bonds. The lowest BCUT2D eigenvalue weighted by molar-refractivity contribution is -0.0647. The first-order chi connectivity index (χ1) is 28.3. The minimum Gasteiger partial charge on any atom is -0.508 e. The van der Waals surface area contributed by atoms with E-state index in [2.05, 4.69) is 65.8 Å². The van der Waals surface area contributed by atoms with Crippen LogP contribution in [0.15, 0.2) is 65.7 Å². The molecule has 4 aliphatic rings. The SMILES string of the molecule is CN(C)CCCOc1ccc(-c2ccc3ncc4c(c3c2)n(C2CCOCC2)c(=O)n4CCCCCO[C@H]2CC[C@H]3[C@@H]4CCc5cc(O)ccc5[C@H]4CC[C@]23C)cn1. The van der Waals surface area contributed by atoms with Crippen LogP contribution in [0.3, 0.4) is 0 Å². The first-order valence-corrected chi connectivity index (χ1v) is 22.1. The van der Waals surface area contributed by atoms with Crippen LogP contribution in [0.4, 0.5) is 0 Å². The van der Waals surface area contributed by atoms with Crippen molar-refractivity contribution in [3.05, 3.63) is 82.5 Å². The number of nitrogens with zero attached hydrogens (tertiary/aromatic N) is 5. The topological polar surface area (TPSA) is 104 Å². The van der Waals surface area contributed by atoms with Gasteiger partial charge in [0.2, 0.25) is 5.88 Å². The van der Waals surface area contributed by atoms with Gasteiger partial charge in [-0.05, 0) is 161 Å². The van der Waals surface area contributed by atoms with Gasteiger partial charge in [0.25, 0.3) is 0 Å². The van der Waals surface area contributed by atoms with Crippen LogP contribution in [0.2, 0.25) is 0 Å². The quantitative estimate of drug-likeness (QED) is 0.111. The zero-order valence-corrected chi connectivity index (χ0v) is 34.7. The third-order valence-electron chi connectivity index (χ3n) is 14.4. The Morgan fingerprint density at radius 1 is 0.897 bits per heavy atom. The average molecular weight is 788 g/mol. The third-order valence-corrected chi connectivity index (χ3v) is 14.4. The molecule has 1 aliphatic heterocycles. The Balaban J connectivity index is 0.866. The van der Waals surface area contributed by atoms with E-state index in [-0.39, 0.29) is 17.1 Å². The monoisotopic (exact) mass is 787 g/mol. The number of imidazole rings is 1. The van der Waals surface area contributed by atoms with Crippen LogP contribution in [0.1, 0.15) is 101 Å². The van der Waals surface area contributed by atoms with Crippen LogP contribution in [-0.2, 0) is 22.4 Å². The molecule has 9 rings (SSSR count). The number of fused-ring (bicyclic) bond motifs is 8. The number of ether oxygens (including phenoxy) is 3. The summed E-state index contributed by atoms with van der Waals surface area (Å²) in [5.41, 5.74) is 7.93. The van der Waals surface area contributed by atoms with Crippen molar-refractivity contribution in [2.75, 3.05) is 47.1 Å². The van der Waals surface area contributed by atoms with Crippen LogP contribution >= 0.6 is 0 Å². The molecule has 0 unspecified atom stereocenters. The molecular formula is C48H61N5O5. The van der Waals surface area contributed by atoms with Gasteiger partial charge in [-0.25, -0.2) is 9.78 Å². The molecule has 1 saturated heterocycles. The summed E-state index contributed by atoms with van der Waals surface area (Å²) in [6, 6.07) is 16.5. The van der Waals surface area contributed by atoms with Gasteiger partial charge in [-0.15, -0.1) is 0 Å². The van der Waals surface area contributed by atoms with Crippen molar-refractivity contribution < 1.29 is 19.3 Å². The highest BCUT2D eigenvalue weighted by Crippen LogP contribution is 2.61. The molecule has 5 atom stereocenters. The number of aromatic hydroxyl groups is 1. The summed E-state index contributed by atoms with van der Waals surface area (Å²) in [6.07, 6.45) is 16.7. The molecule has 0 bridgehead atoms. The number of aryl methyl sites for hydroxylation is 2. The number of unbranched alkanes of at least 4 members (excludes halogenated alkanes) is 2. The number of rotatable bonds is 14. The van der Waals surface area contributed by atoms with Crippen molar-refractivity contribution in [3.8, 4) is 22.8 Å². The van der Waals surface area contributed by atoms with Crippen LogP contribution < -0.4 is 10.4 Å². The smallest absolute Gasteiger partial charge is 0.329 e. The van der Waals surface area contributed by atoms with Gasteiger partial charge in [0, 0.05) is 62.2 Å². The first kappa shape index (κ1) is 39.2. The van der Waals surface area contributed by atoms with E-state index in [9.17, 15) is 9.90 Å². The van der Waals surface area contributed by atoms with E-state index in [4.69, 9.17) is 19.2 Å². The Kier molecular flexibility index (Phi) is 11.3. The highest BCUT2D eigenvalue weighted by molar-refractivity contribution is 6.04. The molecule has 0 spiro atoms. The zero-order valence-electron chi connectivity index (χ0n) is 34.7. The van der Waals surface area contributed by atoms with E-state index >= 15 is 0 Å². The number of pyridine rings is 2. The van der Waals surface area contributed by atoms with Gasteiger partial charge in [0.15, 0.2) is 0 Å². The van der Waals surface area contributed by atoms with Gasteiger partial charge in [0.1, 0.15) is 5.75 Å². The first-order valence-electron chi connectivity index (χ1n) is 22.1. The van der Waals surface area contributed by atoms with Gasteiger partial charge in [-0.1, -0.05) is 19.1 Å². The molecule has 2 saturated carbocycles. The normalized spacial score (nSPS) is 24.6. The highest BCUT2D eigenvalue weighted by Gasteiger charge is 2.55. The Bertz CT molecular complexity index is 2280. The van der Waals surface area contributed by atoms with Gasteiger partial charge >= 0.3 is 5.69 Å². The molecule has 3 aromatic heterocycles. The molecule has 58 heavy (non-hydrogen) atoms. The standard InChI is InChI=1S/C48H61N5O5/c1-48-21-18-38-37-13-11-36(54)28-33(37)8-12-39(38)41(48)14-16-44(48)57-24-6-4-5-23-52-43-31-49-42-15-9-32(34-10-17-45(50-30-34)58-25-7-22-51(2)3)29-40(42)46(43)53(47(52)55)35-19-26-56-27-20-35/h9-11,13,15,17,28-31,35,38-39,41,44,54H,4-8,12,14,16,18-27H2,1-3H3/t38-,39-,41+,44+,48+/m1/s1. The average Bonchev–Trinajstić information content (AvgIpc) is 3.73. The summed E-state index contributed by atoms with van der Waals surface area (Å²) in [5, 5.41) is 11.1. The van der Waals surface area contributed by atoms with Crippen molar-refractivity contribution in [3.63, 3.8) is 0 Å². The van der Waals surface area contributed by atoms with Crippen molar-refractivity contribution in [2.45, 2.75) is 109 Å². The van der Waals surface area contributed by atoms with Crippen molar-refractivity contribution in [1.29, 1.82) is 0 Å². The van der Waals surface area contributed by atoms with E-state index in [0.717, 1.165) is 103 Å².